The van der Waals surface area contributed by atoms with Crippen LogP contribution in [0.15, 0.2) is 30.6 Å². The molecule has 0 aliphatic heterocycles. The third-order valence-corrected chi connectivity index (χ3v) is 2.95. The lowest BCUT2D eigenvalue weighted by Crippen LogP contribution is -2.13. The Balaban J connectivity index is 2.20. The molecule has 19 heavy (non-hydrogen) atoms. The zero-order valence-electron chi connectivity index (χ0n) is 11.3. The Morgan fingerprint density at radius 2 is 2.26 bits per heavy atom. The lowest BCUT2D eigenvalue weighted by Gasteiger charge is -2.19. The molecule has 0 spiro atoms. The van der Waals surface area contributed by atoms with Crippen LogP contribution in [-0.4, -0.2) is 16.6 Å². The normalized spacial score (nSPS) is 12.1. The number of rotatable bonds is 6. The topological polar surface area (TPSA) is 76.0 Å². The molecule has 0 saturated heterocycles. The Morgan fingerprint density at radius 3 is 2.89 bits per heavy atom. The van der Waals surface area contributed by atoms with Gasteiger partial charge in [0.1, 0.15) is 11.6 Å². The summed E-state index contributed by atoms with van der Waals surface area (Å²) >= 11 is 0. The van der Waals surface area contributed by atoms with Gasteiger partial charge in [-0.15, -0.1) is 0 Å². The van der Waals surface area contributed by atoms with Gasteiger partial charge in [0.25, 0.3) is 0 Å². The summed E-state index contributed by atoms with van der Waals surface area (Å²) in [7, 11) is 0. The van der Waals surface area contributed by atoms with Crippen molar-refractivity contribution in [1.29, 1.82) is 0 Å². The van der Waals surface area contributed by atoms with Crippen LogP contribution in [0.5, 0.6) is 5.75 Å². The predicted octanol–water partition coefficient (Wildman–Crippen LogP) is 2.95. The minimum Gasteiger partial charge on any atom is -0.492 e. The van der Waals surface area contributed by atoms with Crippen molar-refractivity contribution in [3.8, 4) is 5.75 Å². The van der Waals surface area contributed by atoms with E-state index in [0.717, 1.165) is 17.9 Å². The highest BCUT2D eigenvalue weighted by molar-refractivity contribution is 5.73. The number of imidazole rings is 1. The molecule has 1 aromatic heterocycles. The van der Waals surface area contributed by atoms with Crippen LogP contribution in [0.1, 0.15) is 32.1 Å². The maximum atomic E-state index is 6.11. The van der Waals surface area contributed by atoms with Gasteiger partial charge in [-0.1, -0.05) is 13.0 Å². The van der Waals surface area contributed by atoms with Crippen molar-refractivity contribution in [3.05, 3.63) is 36.4 Å². The van der Waals surface area contributed by atoms with E-state index in [1.165, 1.54) is 0 Å². The largest absolute Gasteiger partial charge is 0.492 e. The van der Waals surface area contributed by atoms with Gasteiger partial charge in [-0.25, -0.2) is 4.98 Å². The number of nitrogen functional groups attached to an aromatic ring is 1. The molecule has 0 fully saturated rings. The Morgan fingerprint density at radius 1 is 1.42 bits per heavy atom. The van der Waals surface area contributed by atoms with Crippen LogP contribution in [0.4, 0.5) is 11.4 Å². The van der Waals surface area contributed by atoms with Crippen LogP contribution in [0.3, 0.4) is 0 Å². The van der Waals surface area contributed by atoms with Gasteiger partial charge in [0.2, 0.25) is 0 Å². The molecule has 1 heterocycles. The molecular formula is C14H20N4O. The van der Waals surface area contributed by atoms with Gasteiger partial charge >= 0.3 is 0 Å². The van der Waals surface area contributed by atoms with E-state index in [-0.39, 0.29) is 6.04 Å². The number of anilines is 2. The number of benzene rings is 1. The zero-order chi connectivity index (χ0) is 13.7. The zero-order valence-corrected chi connectivity index (χ0v) is 11.3. The lowest BCUT2D eigenvalue weighted by atomic mass is 10.1. The van der Waals surface area contributed by atoms with E-state index >= 15 is 0 Å². The van der Waals surface area contributed by atoms with Gasteiger partial charge in [-0.2, -0.15) is 0 Å². The summed E-state index contributed by atoms with van der Waals surface area (Å²) in [6.45, 7) is 4.64. The van der Waals surface area contributed by atoms with Crippen LogP contribution in [0.25, 0.3) is 0 Å². The van der Waals surface area contributed by atoms with E-state index in [2.05, 4.69) is 22.2 Å². The first-order chi connectivity index (χ1) is 9.26. The molecule has 2 rings (SSSR count). The molecule has 0 saturated carbocycles. The van der Waals surface area contributed by atoms with Crippen molar-refractivity contribution in [3.63, 3.8) is 0 Å². The van der Waals surface area contributed by atoms with E-state index in [9.17, 15) is 0 Å². The second-order valence-electron chi connectivity index (χ2n) is 4.23. The van der Waals surface area contributed by atoms with Crippen LogP contribution in [0, 0.1) is 0 Å². The summed E-state index contributed by atoms with van der Waals surface area (Å²) in [5.41, 5.74) is 7.61. The Labute approximate surface area is 113 Å². The van der Waals surface area contributed by atoms with Gasteiger partial charge in [-0.3, -0.25) is 0 Å². The van der Waals surface area contributed by atoms with Crippen molar-refractivity contribution in [2.75, 3.05) is 17.7 Å². The quantitative estimate of drug-likeness (QED) is 0.698. The number of nitrogens with one attached hydrogen (secondary N) is 2. The number of para-hydroxylation sites is 1. The van der Waals surface area contributed by atoms with Gasteiger partial charge in [0, 0.05) is 12.4 Å². The van der Waals surface area contributed by atoms with Gasteiger partial charge in [0.15, 0.2) is 0 Å². The maximum Gasteiger partial charge on any atom is 0.144 e. The molecule has 4 N–H and O–H groups in total. The SMILES string of the molecule is CCOc1cccc(NC(CC)c2ncc[nH]2)c1N. The molecule has 0 aliphatic carbocycles. The maximum absolute atomic E-state index is 6.11. The highest BCUT2D eigenvalue weighted by atomic mass is 16.5. The Bertz CT molecular complexity index is 510. The average Bonchev–Trinajstić information content (AvgIpc) is 2.94. The van der Waals surface area contributed by atoms with Crippen LogP contribution >= 0.6 is 0 Å². The molecule has 0 radical (unpaired) electrons. The molecule has 1 atom stereocenters. The second-order valence-corrected chi connectivity index (χ2v) is 4.23. The monoisotopic (exact) mass is 260 g/mol. The first-order valence-corrected chi connectivity index (χ1v) is 6.53. The number of ether oxygens (including phenoxy) is 1. The van der Waals surface area contributed by atoms with Crippen molar-refractivity contribution in [2.45, 2.75) is 26.3 Å². The van der Waals surface area contributed by atoms with Crippen LogP contribution in [-0.2, 0) is 0 Å². The summed E-state index contributed by atoms with van der Waals surface area (Å²) in [5, 5.41) is 3.40. The molecule has 1 unspecified atom stereocenters. The number of hydrogen-bond donors (Lipinski definition) is 3. The summed E-state index contributed by atoms with van der Waals surface area (Å²) in [4.78, 5) is 7.40. The fraction of sp³-hybridized carbons (Fsp3) is 0.357. The number of nitrogens with zero attached hydrogens (tertiary/aromatic N) is 1. The number of aromatic nitrogens is 2. The molecule has 0 aliphatic rings. The smallest absolute Gasteiger partial charge is 0.144 e. The van der Waals surface area contributed by atoms with Gasteiger partial charge in [-0.05, 0) is 25.5 Å². The average molecular weight is 260 g/mol. The first-order valence-electron chi connectivity index (χ1n) is 6.53. The molecule has 2 aromatic rings. The fourth-order valence-corrected chi connectivity index (χ4v) is 1.97. The van der Waals surface area contributed by atoms with E-state index < -0.39 is 0 Å². The van der Waals surface area contributed by atoms with E-state index in [1.54, 1.807) is 6.20 Å². The molecule has 0 amide bonds. The summed E-state index contributed by atoms with van der Waals surface area (Å²) < 4.78 is 5.49. The summed E-state index contributed by atoms with van der Waals surface area (Å²) in [6, 6.07) is 5.86. The highest BCUT2D eigenvalue weighted by Gasteiger charge is 2.14. The van der Waals surface area contributed by atoms with Crippen molar-refractivity contribution in [1.82, 2.24) is 9.97 Å². The number of nitrogens with two attached hydrogens (primary N) is 1. The third-order valence-electron chi connectivity index (χ3n) is 2.95. The molecule has 102 valence electrons. The number of aromatic amines is 1. The van der Waals surface area contributed by atoms with E-state index in [1.807, 2.05) is 31.3 Å². The van der Waals surface area contributed by atoms with Crippen LogP contribution in [0.2, 0.25) is 0 Å². The highest BCUT2D eigenvalue weighted by Crippen LogP contribution is 2.32. The van der Waals surface area contributed by atoms with E-state index in [4.69, 9.17) is 10.5 Å². The Hall–Kier alpha value is -2.17. The third kappa shape index (κ3) is 2.99. The van der Waals surface area contributed by atoms with Gasteiger partial charge in [0.05, 0.1) is 24.0 Å². The van der Waals surface area contributed by atoms with Crippen molar-refractivity contribution >= 4 is 11.4 Å². The molecule has 5 heteroatoms. The summed E-state index contributed by atoms with van der Waals surface area (Å²) in [5.74, 6) is 1.62. The van der Waals surface area contributed by atoms with Crippen molar-refractivity contribution in [2.24, 2.45) is 0 Å². The standard InChI is InChI=1S/C14H20N4O/c1-3-10(14-16-8-9-17-14)18-11-6-5-7-12(13(11)15)19-4-2/h5-10,18H,3-4,15H2,1-2H3,(H,16,17). The van der Waals surface area contributed by atoms with Crippen LogP contribution < -0.4 is 15.8 Å². The Kier molecular flexibility index (Phi) is 4.28. The molecular weight excluding hydrogens is 240 g/mol. The summed E-state index contributed by atoms with van der Waals surface area (Å²) in [6.07, 6.45) is 4.48. The van der Waals surface area contributed by atoms with Gasteiger partial charge < -0.3 is 20.8 Å². The number of hydrogen-bond acceptors (Lipinski definition) is 4. The first kappa shape index (κ1) is 13.3. The minimum atomic E-state index is 0.106. The van der Waals surface area contributed by atoms with E-state index in [0.29, 0.717) is 18.0 Å². The predicted molar refractivity (Wildman–Crippen MR) is 77.3 cm³/mol. The fourth-order valence-electron chi connectivity index (χ4n) is 1.97. The number of H-pyrrole nitrogens is 1. The lowest BCUT2D eigenvalue weighted by molar-refractivity contribution is 0.342. The minimum absolute atomic E-state index is 0.106. The molecule has 0 bridgehead atoms. The molecule has 5 nitrogen and oxygen atoms in total. The second kappa shape index (κ2) is 6.13. The van der Waals surface area contributed by atoms with Crippen molar-refractivity contribution < 1.29 is 4.74 Å². The molecule has 1 aromatic carbocycles.